The highest BCUT2D eigenvalue weighted by atomic mass is 16.6. The van der Waals surface area contributed by atoms with E-state index >= 15 is 0 Å². The van der Waals surface area contributed by atoms with Gasteiger partial charge in [0, 0.05) is 18.2 Å². The predicted molar refractivity (Wildman–Crippen MR) is 123 cm³/mol. The molecule has 0 aliphatic carbocycles. The molecule has 4 aromatic rings. The SMILES string of the molecule is COc1cccc(OC(=O)NCc2ccc(OCc3nc(-c4ccccc4)oc3C)cc2)c1. The van der Waals surface area contributed by atoms with E-state index in [-0.39, 0.29) is 0 Å². The molecule has 0 radical (unpaired) electrons. The number of methoxy groups -OCH3 is 1. The van der Waals surface area contributed by atoms with Crippen LogP contribution < -0.4 is 19.5 Å². The first kappa shape index (κ1) is 22.0. The first-order chi connectivity index (χ1) is 16.1. The topological polar surface area (TPSA) is 82.8 Å². The van der Waals surface area contributed by atoms with Crippen LogP contribution in [0.25, 0.3) is 11.5 Å². The number of nitrogens with zero attached hydrogens (tertiary/aromatic N) is 1. The Bertz CT molecular complexity index is 1200. The third kappa shape index (κ3) is 5.92. The van der Waals surface area contributed by atoms with Crippen LogP contribution in [0.15, 0.2) is 83.3 Å². The van der Waals surface area contributed by atoms with Crippen molar-refractivity contribution in [1.82, 2.24) is 10.3 Å². The maximum Gasteiger partial charge on any atom is 0.412 e. The second kappa shape index (κ2) is 10.4. The molecule has 0 fully saturated rings. The summed E-state index contributed by atoms with van der Waals surface area (Å²) in [4.78, 5) is 16.6. The number of benzene rings is 3. The fourth-order valence-electron chi connectivity index (χ4n) is 3.10. The summed E-state index contributed by atoms with van der Waals surface area (Å²) in [5.74, 6) is 3.03. The van der Waals surface area contributed by atoms with Crippen LogP contribution in [-0.2, 0) is 13.2 Å². The minimum atomic E-state index is -0.542. The quantitative estimate of drug-likeness (QED) is 0.385. The summed E-state index contributed by atoms with van der Waals surface area (Å²) in [6.45, 7) is 2.50. The smallest absolute Gasteiger partial charge is 0.412 e. The molecule has 1 amide bonds. The van der Waals surface area contributed by atoms with Gasteiger partial charge < -0.3 is 23.9 Å². The molecule has 7 nitrogen and oxygen atoms in total. The molecule has 0 aliphatic rings. The average molecular weight is 444 g/mol. The Hall–Kier alpha value is -4.26. The Kier molecular flexibility index (Phi) is 6.90. The monoisotopic (exact) mass is 444 g/mol. The lowest BCUT2D eigenvalue weighted by Crippen LogP contribution is -2.26. The van der Waals surface area contributed by atoms with Crippen molar-refractivity contribution in [3.8, 4) is 28.7 Å². The van der Waals surface area contributed by atoms with Gasteiger partial charge in [-0.1, -0.05) is 36.4 Å². The number of carbonyl (C=O) groups is 1. The van der Waals surface area contributed by atoms with Crippen LogP contribution in [0.4, 0.5) is 4.79 Å². The molecule has 0 aliphatic heterocycles. The summed E-state index contributed by atoms with van der Waals surface area (Å²) in [6.07, 6.45) is -0.542. The average Bonchev–Trinajstić information content (AvgIpc) is 3.23. The van der Waals surface area contributed by atoms with Gasteiger partial charge in [0.25, 0.3) is 0 Å². The molecule has 0 saturated carbocycles. The number of aryl methyl sites for hydroxylation is 1. The van der Waals surface area contributed by atoms with Crippen molar-refractivity contribution in [3.05, 3.63) is 95.9 Å². The molecular weight excluding hydrogens is 420 g/mol. The Morgan fingerprint density at radius 3 is 2.45 bits per heavy atom. The summed E-state index contributed by atoms with van der Waals surface area (Å²) >= 11 is 0. The van der Waals surface area contributed by atoms with Crippen LogP contribution in [-0.4, -0.2) is 18.2 Å². The van der Waals surface area contributed by atoms with Crippen molar-refractivity contribution in [2.45, 2.75) is 20.1 Å². The highest BCUT2D eigenvalue weighted by Gasteiger charge is 2.12. The largest absolute Gasteiger partial charge is 0.497 e. The van der Waals surface area contributed by atoms with E-state index in [9.17, 15) is 4.79 Å². The van der Waals surface area contributed by atoms with Gasteiger partial charge in [-0.15, -0.1) is 0 Å². The maximum absolute atomic E-state index is 12.0. The van der Waals surface area contributed by atoms with Gasteiger partial charge in [-0.05, 0) is 48.9 Å². The van der Waals surface area contributed by atoms with Crippen LogP contribution in [0.3, 0.4) is 0 Å². The number of rotatable bonds is 8. The van der Waals surface area contributed by atoms with Crippen LogP contribution in [0.1, 0.15) is 17.0 Å². The number of carbonyl (C=O) groups excluding carboxylic acids is 1. The summed E-state index contributed by atoms with van der Waals surface area (Å²) in [6, 6.07) is 24.1. The Morgan fingerprint density at radius 1 is 0.939 bits per heavy atom. The Labute approximate surface area is 191 Å². The van der Waals surface area contributed by atoms with E-state index in [0.29, 0.717) is 36.3 Å². The van der Waals surface area contributed by atoms with Gasteiger partial charge in [0.1, 0.15) is 35.3 Å². The van der Waals surface area contributed by atoms with Crippen molar-refractivity contribution in [2.24, 2.45) is 0 Å². The first-order valence-electron chi connectivity index (χ1n) is 10.4. The van der Waals surface area contributed by atoms with Crippen molar-refractivity contribution in [2.75, 3.05) is 7.11 Å². The lowest BCUT2D eigenvalue weighted by atomic mass is 10.2. The van der Waals surface area contributed by atoms with E-state index < -0.39 is 6.09 Å². The molecule has 0 spiro atoms. The van der Waals surface area contributed by atoms with Gasteiger partial charge in [-0.25, -0.2) is 9.78 Å². The molecule has 33 heavy (non-hydrogen) atoms. The fraction of sp³-hybridized carbons (Fsp3) is 0.154. The zero-order valence-electron chi connectivity index (χ0n) is 18.4. The summed E-state index contributed by atoms with van der Waals surface area (Å²) < 4.78 is 22.0. The van der Waals surface area contributed by atoms with Crippen LogP contribution >= 0.6 is 0 Å². The van der Waals surface area contributed by atoms with Crippen molar-refractivity contribution >= 4 is 6.09 Å². The number of aromatic nitrogens is 1. The lowest BCUT2D eigenvalue weighted by Gasteiger charge is -2.09. The third-order valence-corrected chi connectivity index (χ3v) is 4.90. The highest BCUT2D eigenvalue weighted by molar-refractivity contribution is 5.70. The number of hydrogen-bond donors (Lipinski definition) is 1. The second-order valence-corrected chi connectivity index (χ2v) is 7.24. The third-order valence-electron chi connectivity index (χ3n) is 4.90. The van der Waals surface area contributed by atoms with Crippen LogP contribution in [0, 0.1) is 6.92 Å². The molecule has 0 unspecified atom stereocenters. The summed E-state index contributed by atoms with van der Waals surface area (Å²) in [5.41, 5.74) is 2.59. The number of nitrogens with one attached hydrogen (secondary N) is 1. The molecule has 0 saturated heterocycles. The molecule has 0 bridgehead atoms. The van der Waals surface area contributed by atoms with E-state index in [0.717, 1.165) is 22.6 Å². The number of hydrogen-bond acceptors (Lipinski definition) is 6. The first-order valence-corrected chi connectivity index (χ1v) is 10.4. The molecule has 0 atom stereocenters. The maximum atomic E-state index is 12.0. The fourth-order valence-corrected chi connectivity index (χ4v) is 3.10. The Morgan fingerprint density at radius 2 is 1.70 bits per heavy atom. The normalized spacial score (nSPS) is 10.5. The molecule has 1 N–H and O–H groups in total. The highest BCUT2D eigenvalue weighted by Crippen LogP contribution is 2.23. The van der Waals surface area contributed by atoms with Gasteiger partial charge in [0.2, 0.25) is 5.89 Å². The van der Waals surface area contributed by atoms with Crippen molar-refractivity contribution < 1.29 is 23.4 Å². The van der Waals surface area contributed by atoms with E-state index in [1.165, 1.54) is 0 Å². The molecule has 168 valence electrons. The van der Waals surface area contributed by atoms with E-state index in [2.05, 4.69) is 10.3 Å². The summed E-state index contributed by atoms with van der Waals surface area (Å²) in [7, 11) is 1.56. The predicted octanol–water partition coefficient (Wildman–Crippen LogP) is 5.53. The lowest BCUT2D eigenvalue weighted by molar-refractivity contribution is 0.200. The minimum absolute atomic E-state index is 0.298. The van der Waals surface area contributed by atoms with Gasteiger partial charge >= 0.3 is 6.09 Å². The number of amides is 1. The van der Waals surface area contributed by atoms with E-state index in [1.54, 1.807) is 31.4 Å². The zero-order chi connectivity index (χ0) is 23.0. The van der Waals surface area contributed by atoms with Gasteiger partial charge in [0.15, 0.2) is 0 Å². The Balaban J connectivity index is 1.27. The second-order valence-electron chi connectivity index (χ2n) is 7.24. The molecule has 4 rings (SSSR count). The minimum Gasteiger partial charge on any atom is -0.497 e. The van der Waals surface area contributed by atoms with E-state index in [1.807, 2.05) is 61.5 Å². The van der Waals surface area contributed by atoms with Crippen LogP contribution in [0.5, 0.6) is 17.2 Å². The van der Waals surface area contributed by atoms with Crippen LogP contribution in [0.2, 0.25) is 0 Å². The number of oxazole rings is 1. The molecule has 3 aromatic carbocycles. The molecular formula is C26H24N2O5. The summed E-state index contributed by atoms with van der Waals surface area (Å²) in [5, 5.41) is 2.72. The van der Waals surface area contributed by atoms with E-state index in [4.69, 9.17) is 18.6 Å². The van der Waals surface area contributed by atoms with Gasteiger partial charge in [-0.3, -0.25) is 0 Å². The molecule has 1 heterocycles. The van der Waals surface area contributed by atoms with Gasteiger partial charge in [-0.2, -0.15) is 0 Å². The van der Waals surface area contributed by atoms with Crippen molar-refractivity contribution in [3.63, 3.8) is 0 Å². The number of ether oxygens (including phenoxy) is 3. The zero-order valence-corrected chi connectivity index (χ0v) is 18.4. The standard InChI is InChI=1S/C26H24N2O5/c1-18-24(28-25(32-18)20-7-4-3-5-8-20)17-31-21-13-11-19(12-14-21)16-27-26(29)33-23-10-6-9-22(15-23)30-2/h3-15H,16-17H2,1-2H3,(H,27,29). The molecule has 7 heteroatoms. The van der Waals surface area contributed by atoms with Gasteiger partial charge in [0.05, 0.1) is 7.11 Å². The van der Waals surface area contributed by atoms with Crippen molar-refractivity contribution in [1.29, 1.82) is 0 Å². The molecule has 1 aromatic heterocycles.